The van der Waals surface area contributed by atoms with Gasteiger partial charge in [0.2, 0.25) is 0 Å². The summed E-state index contributed by atoms with van der Waals surface area (Å²) in [5, 5.41) is 5.89. The van der Waals surface area contributed by atoms with Gasteiger partial charge >= 0.3 is 6.03 Å². The molecule has 0 unspecified atom stereocenters. The number of nitrogens with zero attached hydrogens (tertiary/aromatic N) is 1. The van der Waals surface area contributed by atoms with E-state index in [0.29, 0.717) is 24.7 Å². The van der Waals surface area contributed by atoms with Gasteiger partial charge in [-0.25, -0.2) is 4.79 Å². The number of anilines is 1. The summed E-state index contributed by atoms with van der Waals surface area (Å²) in [5.41, 5.74) is 1.79. The Morgan fingerprint density at radius 1 is 1.15 bits per heavy atom. The minimum atomic E-state index is -0.236. The van der Waals surface area contributed by atoms with Gasteiger partial charge in [0, 0.05) is 31.5 Å². The standard InChI is InChI=1S/C21H27N3O3/c1-3-26-20-14-24(2)13-19(20)23-21(25)22-17-10-7-11-18(12-17)27-15-16-8-5-4-6-9-16/h4-12,19-20H,3,13-15H2,1-2H3,(H2,22,23,25)/t19-,20-/m1/s1. The first-order chi connectivity index (χ1) is 13.1. The minimum absolute atomic E-state index is 0.0197. The monoisotopic (exact) mass is 369 g/mol. The lowest BCUT2D eigenvalue weighted by atomic mass is 10.2. The number of benzene rings is 2. The Balaban J connectivity index is 1.53. The number of urea groups is 1. The smallest absolute Gasteiger partial charge is 0.319 e. The number of carbonyl (C=O) groups is 1. The predicted molar refractivity (Wildman–Crippen MR) is 106 cm³/mol. The number of likely N-dealkylation sites (tertiary alicyclic amines) is 1. The summed E-state index contributed by atoms with van der Waals surface area (Å²) < 4.78 is 11.5. The molecule has 1 saturated heterocycles. The molecule has 1 heterocycles. The normalized spacial score (nSPS) is 19.6. The van der Waals surface area contributed by atoms with E-state index in [9.17, 15) is 4.79 Å². The van der Waals surface area contributed by atoms with E-state index >= 15 is 0 Å². The highest BCUT2D eigenvalue weighted by molar-refractivity contribution is 5.89. The second-order valence-corrected chi connectivity index (χ2v) is 6.72. The van der Waals surface area contributed by atoms with Crippen LogP contribution < -0.4 is 15.4 Å². The van der Waals surface area contributed by atoms with Gasteiger partial charge in [0.05, 0.1) is 12.1 Å². The molecule has 0 aliphatic carbocycles. The van der Waals surface area contributed by atoms with Crippen molar-refractivity contribution in [2.75, 3.05) is 32.1 Å². The summed E-state index contributed by atoms with van der Waals surface area (Å²) in [6, 6.07) is 17.1. The Kier molecular flexibility index (Phi) is 6.68. The molecule has 2 aromatic rings. The van der Waals surface area contributed by atoms with Crippen molar-refractivity contribution in [2.45, 2.75) is 25.7 Å². The Hall–Kier alpha value is -2.57. The zero-order chi connectivity index (χ0) is 19.1. The van der Waals surface area contributed by atoms with E-state index in [-0.39, 0.29) is 18.2 Å². The predicted octanol–water partition coefficient (Wildman–Crippen LogP) is 3.11. The summed E-state index contributed by atoms with van der Waals surface area (Å²) in [6.07, 6.45) is 0.0197. The molecule has 0 radical (unpaired) electrons. The van der Waals surface area contributed by atoms with Gasteiger partial charge in [-0.3, -0.25) is 0 Å². The van der Waals surface area contributed by atoms with Crippen LogP contribution in [0.25, 0.3) is 0 Å². The number of hydrogen-bond donors (Lipinski definition) is 2. The molecule has 0 aromatic heterocycles. The molecule has 1 fully saturated rings. The molecule has 0 spiro atoms. The number of likely N-dealkylation sites (N-methyl/N-ethyl adjacent to an activating group) is 1. The van der Waals surface area contributed by atoms with Gasteiger partial charge in [-0.05, 0) is 31.7 Å². The third-order valence-corrected chi connectivity index (χ3v) is 4.49. The van der Waals surface area contributed by atoms with Crippen LogP contribution in [0.3, 0.4) is 0 Å². The van der Waals surface area contributed by atoms with Crippen LogP contribution in [0.2, 0.25) is 0 Å². The van der Waals surface area contributed by atoms with E-state index in [2.05, 4.69) is 15.5 Å². The Morgan fingerprint density at radius 2 is 1.96 bits per heavy atom. The van der Waals surface area contributed by atoms with Gasteiger partial charge in [-0.1, -0.05) is 36.4 Å². The summed E-state index contributed by atoms with van der Waals surface area (Å²) in [4.78, 5) is 14.5. The quantitative estimate of drug-likeness (QED) is 0.787. The van der Waals surface area contributed by atoms with Crippen LogP contribution >= 0.6 is 0 Å². The van der Waals surface area contributed by atoms with Crippen LogP contribution in [0.5, 0.6) is 5.75 Å². The molecule has 2 aromatic carbocycles. The van der Waals surface area contributed by atoms with E-state index in [1.165, 1.54) is 0 Å². The van der Waals surface area contributed by atoms with Crippen molar-refractivity contribution in [3.63, 3.8) is 0 Å². The molecule has 2 N–H and O–H groups in total. The molecule has 0 bridgehead atoms. The van der Waals surface area contributed by atoms with Crippen LogP contribution in [0, 0.1) is 0 Å². The summed E-state index contributed by atoms with van der Waals surface area (Å²) in [7, 11) is 2.03. The lowest BCUT2D eigenvalue weighted by molar-refractivity contribution is 0.0568. The van der Waals surface area contributed by atoms with E-state index in [4.69, 9.17) is 9.47 Å². The minimum Gasteiger partial charge on any atom is -0.489 e. The van der Waals surface area contributed by atoms with E-state index < -0.39 is 0 Å². The SMILES string of the molecule is CCO[C@@H]1CN(C)C[C@H]1NC(=O)Nc1cccc(OCc2ccccc2)c1. The highest BCUT2D eigenvalue weighted by atomic mass is 16.5. The third-order valence-electron chi connectivity index (χ3n) is 4.49. The van der Waals surface area contributed by atoms with Crippen molar-refractivity contribution in [3.8, 4) is 5.75 Å². The van der Waals surface area contributed by atoms with Crippen LogP contribution in [-0.2, 0) is 11.3 Å². The molecular weight excluding hydrogens is 342 g/mol. The van der Waals surface area contributed by atoms with Crippen LogP contribution in [0.1, 0.15) is 12.5 Å². The van der Waals surface area contributed by atoms with Crippen LogP contribution in [0.4, 0.5) is 10.5 Å². The van der Waals surface area contributed by atoms with Crippen molar-refractivity contribution in [1.29, 1.82) is 0 Å². The summed E-state index contributed by atoms with van der Waals surface area (Å²) in [5.74, 6) is 0.712. The first-order valence-electron chi connectivity index (χ1n) is 9.28. The molecule has 0 saturated carbocycles. The average molecular weight is 369 g/mol. The van der Waals surface area contributed by atoms with Gasteiger partial charge in [-0.15, -0.1) is 0 Å². The Morgan fingerprint density at radius 3 is 2.74 bits per heavy atom. The van der Waals surface area contributed by atoms with E-state index in [1.807, 2.05) is 68.6 Å². The maximum atomic E-state index is 12.4. The van der Waals surface area contributed by atoms with E-state index in [1.54, 1.807) is 0 Å². The maximum absolute atomic E-state index is 12.4. The second-order valence-electron chi connectivity index (χ2n) is 6.72. The molecular formula is C21H27N3O3. The third kappa shape index (κ3) is 5.70. The van der Waals surface area contributed by atoms with Gasteiger partial charge in [0.15, 0.2) is 0 Å². The average Bonchev–Trinajstić information content (AvgIpc) is 3.00. The number of nitrogens with one attached hydrogen (secondary N) is 2. The fourth-order valence-electron chi connectivity index (χ4n) is 3.22. The molecule has 27 heavy (non-hydrogen) atoms. The molecule has 1 aliphatic rings. The lowest BCUT2D eigenvalue weighted by Crippen LogP contribution is -2.45. The first kappa shape index (κ1) is 19.2. The largest absolute Gasteiger partial charge is 0.489 e. The number of rotatable bonds is 7. The number of hydrogen-bond acceptors (Lipinski definition) is 4. The highest BCUT2D eigenvalue weighted by Crippen LogP contribution is 2.19. The summed E-state index contributed by atoms with van der Waals surface area (Å²) in [6.45, 7) is 4.69. The van der Waals surface area contributed by atoms with Gasteiger partial charge in [0.1, 0.15) is 12.4 Å². The van der Waals surface area contributed by atoms with Crippen molar-refractivity contribution in [1.82, 2.24) is 10.2 Å². The van der Waals surface area contributed by atoms with Gasteiger partial charge in [-0.2, -0.15) is 0 Å². The molecule has 6 heteroatoms. The number of amides is 2. The first-order valence-corrected chi connectivity index (χ1v) is 9.28. The molecule has 3 rings (SSSR count). The molecule has 144 valence electrons. The fourth-order valence-corrected chi connectivity index (χ4v) is 3.22. The van der Waals surface area contributed by atoms with Crippen molar-refractivity contribution < 1.29 is 14.3 Å². The highest BCUT2D eigenvalue weighted by Gasteiger charge is 2.32. The van der Waals surface area contributed by atoms with Crippen molar-refractivity contribution in [2.24, 2.45) is 0 Å². The molecule has 1 aliphatic heterocycles. The van der Waals surface area contributed by atoms with Crippen LogP contribution in [0.15, 0.2) is 54.6 Å². The molecule has 2 amide bonds. The zero-order valence-electron chi connectivity index (χ0n) is 15.9. The topological polar surface area (TPSA) is 62.8 Å². The van der Waals surface area contributed by atoms with Crippen LogP contribution in [-0.4, -0.2) is 49.8 Å². The number of carbonyl (C=O) groups excluding carboxylic acids is 1. The second kappa shape index (κ2) is 9.39. The van der Waals surface area contributed by atoms with Crippen molar-refractivity contribution >= 4 is 11.7 Å². The molecule has 6 nitrogen and oxygen atoms in total. The van der Waals surface area contributed by atoms with Crippen molar-refractivity contribution in [3.05, 3.63) is 60.2 Å². The lowest BCUT2D eigenvalue weighted by Gasteiger charge is -2.20. The van der Waals surface area contributed by atoms with Gasteiger partial charge < -0.3 is 25.0 Å². The molecule has 2 atom stereocenters. The Bertz CT molecular complexity index is 738. The fraction of sp³-hybridized carbons (Fsp3) is 0.381. The number of ether oxygens (including phenoxy) is 2. The Labute approximate surface area is 160 Å². The van der Waals surface area contributed by atoms with E-state index in [0.717, 1.165) is 18.7 Å². The van der Waals surface area contributed by atoms with Gasteiger partial charge in [0.25, 0.3) is 0 Å². The summed E-state index contributed by atoms with van der Waals surface area (Å²) >= 11 is 0. The maximum Gasteiger partial charge on any atom is 0.319 e. The zero-order valence-corrected chi connectivity index (χ0v) is 15.9.